The van der Waals surface area contributed by atoms with Gasteiger partial charge in [-0.15, -0.1) is 0 Å². The molecule has 2 aromatic carbocycles. The highest BCUT2D eigenvalue weighted by molar-refractivity contribution is 7.93. The van der Waals surface area contributed by atoms with E-state index in [1.165, 1.54) is 30.3 Å². The standard InChI is InChI=1S/C17H14Cl3NO4S/c1-2-8-25-14-5-3-4-13(10-14)21(11-17(20)22)26(23,24)16-9-12(18)6-7-15(16)19/h2-7,9-10H,1,8,11H2. The van der Waals surface area contributed by atoms with Crippen LogP contribution in [0.2, 0.25) is 10.0 Å². The Morgan fingerprint density at radius 1 is 1.19 bits per heavy atom. The van der Waals surface area contributed by atoms with E-state index in [4.69, 9.17) is 39.5 Å². The molecule has 0 bridgehead atoms. The molecule has 0 saturated carbocycles. The van der Waals surface area contributed by atoms with Gasteiger partial charge in [-0.2, -0.15) is 0 Å². The minimum atomic E-state index is -4.20. The fourth-order valence-corrected chi connectivity index (χ4v) is 4.45. The SMILES string of the molecule is C=CCOc1cccc(N(CC(=O)Cl)S(=O)(=O)c2cc(Cl)ccc2Cl)c1. The third kappa shape index (κ3) is 4.92. The lowest BCUT2D eigenvalue weighted by Gasteiger charge is -2.24. The van der Waals surface area contributed by atoms with Crippen molar-refractivity contribution < 1.29 is 17.9 Å². The molecule has 0 aliphatic heterocycles. The number of halogens is 3. The van der Waals surface area contributed by atoms with Gasteiger partial charge >= 0.3 is 0 Å². The molecule has 2 aromatic rings. The summed E-state index contributed by atoms with van der Waals surface area (Å²) in [5.41, 5.74) is 0.191. The Balaban J connectivity index is 2.55. The Kier molecular flexibility index (Phi) is 6.94. The number of carbonyl (C=O) groups excluding carboxylic acids is 1. The molecular formula is C17H14Cl3NO4S. The highest BCUT2D eigenvalue weighted by atomic mass is 35.5. The minimum Gasteiger partial charge on any atom is -0.489 e. The van der Waals surface area contributed by atoms with Crippen LogP contribution >= 0.6 is 34.8 Å². The zero-order valence-corrected chi connectivity index (χ0v) is 16.4. The molecule has 0 saturated heterocycles. The normalized spacial score (nSPS) is 11.0. The number of hydrogen-bond acceptors (Lipinski definition) is 4. The van der Waals surface area contributed by atoms with Gasteiger partial charge in [-0.3, -0.25) is 9.10 Å². The van der Waals surface area contributed by atoms with E-state index in [0.29, 0.717) is 5.75 Å². The van der Waals surface area contributed by atoms with E-state index in [9.17, 15) is 13.2 Å². The highest BCUT2D eigenvalue weighted by Gasteiger charge is 2.29. The molecule has 0 aliphatic carbocycles. The first-order valence-electron chi connectivity index (χ1n) is 7.25. The van der Waals surface area contributed by atoms with Crippen LogP contribution in [0.4, 0.5) is 5.69 Å². The van der Waals surface area contributed by atoms with Gasteiger partial charge < -0.3 is 4.74 Å². The van der Waals surface area contributed by atoms with Crippen molar-refractivity contribution >= 4 is 55.8 Å². The number of ether oxygens (including phenoxy) is 1. The Hall–Kier alpha value is -1.73. The van der Waals surface area contributed by atoms with E-state index in [-0.39, 0.29) is 27.2 Å². The predicted molar refractivity (Wildman–Crippen MR) is 104 cm³/mol. The maximum Gasteiger partial charge on any atom is 0.266 e. The molecule has 0 heterocycles. The quantitative estimate of drug-likeness (QED) is 0.453. The van der Waals surface area contributed by atoms with Crippen molar-refractivity contribution in [3.8, 4) is 5.75 Å². The summed E-state index contributed by atoms with van der Waals surface area (Å²) in [4.78, 5) is 11.2. The fourth-order valence-electron chi connectivity index (χ4n) is 2.11. The summed E-state index contributed by atoms with van der Waals surface area (Å²) in [7, 11) is -4.20. The van der Waals surface area contributed by atoms with Crippen molar-refractivity contribution in [1.29, 1.82) is 0 Å². The average molecular weight is 435 g/mol. The Morgan fingerprint density at radius 3 is 2.58 bits per heavy atom. The maximum absolute atomic E-state index is 13.1. The number of carbonyl (C=O) groups is 1. The van der Waals surface area contributed by atoms with Gasteiger partial charge in [-0.1, -0.05) is 41.9 Å². The molecule has 0 spiro atoms. The molecule has 0 atom stereocenters. The van der Waals surface area contributed by atoms with Gasteiger partial charge in [0.25, 0.3) is 10.0 Å². The molecule has 0 N–H and O–H groups in total. The topological polar surface area (TPSA) is 63.7 Å². The lowest BCUT2D eigenvalue weighted by Crippen LogP contribution is -2.34. The number of benzene rings is 2. The second kappa shape index (κ2) is 8.77. The second-order valence-electron chi connectivity index (χ2n) is 5.04. The minimum absolute atomic E-state index is 0.0273. The average Bonchev–Trinajstić information content (AvgIpc) is 2.59. The zero-order valence-electron chi connectivity index (χ0n) is 13.4. The van der Waals surface area contributed by atoms with Gasteiger partial charge in [0.15, 0.2) is 0 Å². The monoisotopic (exact) mass is 433 g/mol. The Morgan fingerprint density at radius 2 is 1.92 bits per heavy atom. The largest absolute Gasteiger partial charge is 0.489 e. The summed E-state index contributed by atoms with van der Waals surface area (Å²) in [6, 6.07) is 10.3. The van der Waals surface area contributed by atoms with Crippen LogP contribution in [-0.2, 0) is 14.8 Å². The molecule has 0 radical (unpaired) electrons. The van der Waals surface area contributed by atoms with Crippen LogP contribution in [0, 0.1) is 0 Å². The van der Waals surface area contributed by atoms with Crippen LogP contribution < -0.4 is 9.04 Å². The molecule has 9 heteroatoms. The molecule has 2 rings (SSSR count). The molecule has 0 amide bonds. The summed E-state index contributed by atoms with van der Waals surface area (Å²) < 4.78 is 32.4. The first-order valence-corrected chi connectivity index (χ1v) is 9.83. The summed E-state index contributed by atoms with van der Waals surface area (Å²) in [6.07, 6.45) is 1.55. The van der Waals surface area contributed by atoms with Gasteiger partial charge in [0.05, 0.1) is 10.7 Å². The van der Waals surface area contributed by atoms with Gasteiger partial charge in [-0.25, -0.2) is 8.42 Å². The zero-order chi connectivity index (χ0) is 19.3. The number of sulfonamides is 1. The Labute approximate surface area is 166 Å². The fraction of sp³-hybridized carbons (Fsp3) is 0.118. The molecule has 5 nitrogen and oxygen atoms in total. The van der Waals surface area contributed by atoms with Crippen molar-refractivity contribution in [2.24, 2.45) is 0 Å². The number of nitrogens with zero attached hydrogens (tertiary/aromatic N) is 1. The van der Waals surface area contributed by atoms with Crippen molar-refractivity contribution in [3.05, 3.63) is 65.2 Å². The smallest absolute Gasteiger partial charge is 0.266 e. The summed E-state index contributed by atoms with van der Waals surface area (Å²) in [6.45, 7) is 3.20. The molecule has 0 unspecified atom stereocenters. The summed E-state index contributed by atoms with van der Waals surface area (Å²) in [5, 5.41) is -0.696. The van der Waals surface area contributed by atoms with Gasteiger partial charge in [0, 0.05) is 11.1 Å². The number of hydrogen-bond donors (Lipinski definition) is 0. The van der Waals surface area contributed by atoms with Crippen molar-refractivity contribution in [3.63, 3.8) is 0 Å². The molecule has 0 aliphatic rings. The van der Waals surface area contributed by atoms with Crippen LogP contribution in [0.3, 0.4) is 0 Å². The van der Waals surface area contributed by atoms with E-state index in [0.717, 1.165) is 4.31 Å². The molecule has 26 heavy (non-hydrogen) atoms. The van der Waals surface area contributed by atoms with Gasteiger partial charge in [-0.05, 0) is 41.9 Å². The lowest BCUT2D eigenvalue weighted by atomic mass is 10.3. The van der Waals surface area contributed by atoms with Crippen LogP contribution in [0.15, 0.2) is 60.0 Å². The van der Waals surface area contributed by atoms with E-state index >= 15 is 0 Å². The van der Waals surface area contributed by atoms with Crippen LogP contribution in [0.25, 0.3) is 0 Å². The number of anilines is 1. The van der Waals surface area contributed by atoms with E-state index in [1.54, 1.807) is 18.2 Å². The second-order valence-corrected chi connectivity index (χ2v) is 8.13. The predicted octanol–water partition coefficient (Wildman–Crippen LogP) is 4.52. The maximum atomic E-state index is 13.1. The molecule has 0 aromatic heterocycles. The van der Waals surface area contributed by atoms with Crippen LogP contribution in [0.5, 0.6) is 5.75 Å². The first kappa shape index (κ1) is 20.6. The summed E-state index contributed by atoms with van der Waals surface area (Å²) >= 11 is 17.4. The van der Waals surface area contributed by atoms with E-state index < -0.39 is 21.8 Å². The van der Waals surface area contributed by atoms with Gasteiger partial charge in [0.2, 0.25) is 5.24 Å². The van der Waals surface area contributed by atoms with E-state index in [2.05, 4.69) is 6.58 Å². The number of rotatable bonds is 8. The first-order chi connectivity index (χ1) is 12.3. The van der Waals surface area contributed by atoms with Crippen molar-refractivity contribution in [2.75, 3.05) is 17.5 Å². The van der Waals surface area contributed by atoms with Gasteiger partial charge in [0.1, 0.15) is 23.8 Å². The van der Waals surface area contributed by atoms with Crippen molar-refractivity contribution in [1.82, 2.24) is 0 Å². The third-order valence-electron chi connectivity index (χ3n) is 3.20. The molecular weight excluding hydrogens is 421 g/mol. The van der Waals surface area contributed by atoms with Crippen molar-refractivity contribution in [2.45, 2.75) is 4.90 Å². The van der Waals surface area contributed by atoms with Crippen LogP contribution in [0.1, 0.15) is 0 Å². The molecule has 0 fully saturated rings. The lowest BCUT2D eigenvalue weighted by molar-refractivity contribution is -0.110. The van der Waals surface area contributed by atoms with E-state index in [1.807, 2.05) is 0 Å². The molecule has 138 valence electrons. The summed E-state index contributed by atoms with van der Waals surface area (Å²) in [5.74, 6) is 0.404. The Bertz CT molecular complexity index is 931. The van der Waals surface area contributed by atoms with Crippen LogP contribution in [-0.4, -0.2) is 26.8 Å². The third-order valence-corrected chi connectivity index (χ3v) is 5.81. The highest BCUT2D eigenvalue weighted by Crippen LogP contribution is 2.32.